The number of hydroxylamine groups is 6. The maximum Gasteiger partial charge on any atom is 0.326 e. The van der Waals surface area contributed by atoms with Gasteiger partial charge in [-0.2, -0.15) is 0 Å². The first-order valence-electron chi connectivity index (χ1n) is 20.0. The zero-order valence-electron chi connectivity index (χ0n) is 34.4. The van der Waals surface area contributed by atoms with E-state index in [0.717, 1.165) is 52.9 Å². The van der Waals surface area contributed by atoms with E-state index < -0.39 is 78.1 Å². The van der Waals surface area contributed by atoms with Crippen LogP contribution < -0.4 is 21.3 Å². The van der Waals surface area contributed by atoms with Crippen LogP contribution in [0.25, 0.3) is 0 Å². The van der Waals surface area contributed by atoms with Crippen LogP contribution in [-0.4, -0.2) is 139 Å². The van der Waals surface area contributed by atoms with Crippen molar-refractivity contribution in [2.24, 2.45) is 0 Å². The fraction of sp³-hybridized carbons (Fsp3) is 0.737. The van der Waals surface area contributed by atoms with Crippen molar-refractivity contribution in [2.75, 3.05) is 26.2 Å². The Hall–Kier alpha value is -4.66. The van der Waals surface area contributed by atoms with Gasteiger partial charge in [-0.15, -0.1) is 0 Å². The third kappa shape index (κ3) is 24.9. The fourth-order valence-corrected chi connectivity index (χ4v) is 5.53. The number of carbonyl (C=O) groups is 8. The van der Waals surface area contributed by atoms with Gasteiger partial charge in [0.2, 0.25) is 41.4 Å². The van der Waals surface area contributed by atoms with E-state index in [1.165, 1.54) is 19.3 Å². The second-order valence-corrected chi connectivity index (χ2v) is 14.1. The Morgan fingerprint density at radius 1 is 0.517 bits per heavy atom. The molecule has 0 fully saturated rings. The minimum Gasteiger partial charge on any atom is -0.480 e. The van der Waals surface area contributed by atoms with Crippen molar-refractivity contribution in [3.05, 3.63) is 12.2 Å². The number of rotatable bonds is 32. The summed E-state index contributed by atoms with van der Waals surface area (Å²) in [6.45, 7) is 3.87. The maximum absolute atomic E-state index is 13.7. The predicted octanol–water partition coefficient (Wildman–Crippen LogP) is 1.53. The molecule has 0 radical (unpaired) electrons. The summed E-state index contributed by atoms with van der Waals surface area (Å²) in [6.07, 6.45) is 12.8. The van der Waals surface area contributed by atoms with Crippen LogP contribution in [0.1, 0.15) is 130 Å². The summed E-state index contributed by atoms with van der Waals surface area (Å²) < 4.78 is 0. The van der Waals surface area contributed by atoms with Crippen LogP contribution in [0.5, 0.6) is 0 Å². The van der Waals surface area contributed by atoms with Crippen LogP contribution in [0.2, 0.25) is 0 Å². The standard InChI is InChI=1S/C38H67N7O13/c1-5-6-7-8-9-10-11-12-13-14-15-22-34(50)39-30(19-16-23-43(56)27(2)47)35(51)40-31(20-17-24-44(57)28(3)48)36(52)42-33(26-46)37(53)41-32(38(54)55)21-18-25-45(58)29(4)49/h10-11,30-33,46,56-58H,5-9,12-26H2,1-4H3,(H,39,50)(H,40,51)(H,41,53)(H,42,52)(H,54,55). The Labute approximate surface area is 340 Å². The number of carboxylic acid groups (broad SMARTS) is 1. The van der Waals surface area contributed by atoms with Gasteiger partial charge in [-0.25, -0.2) is 20.0 Å². The highest BCUT2D eigenvalue weighted by Crippen LogP contribution is 2.10. The Kier molecular flexibility index (Phi) is 28.8. The Bertz CT molecular complexity index is 1330. The summed E-state index contributed by atoms with van der Waals surface area (Å²) in [5.74, 6) is -6.85. The van der Waals surface area contributed by atoms with Crippen molar-refractivity contribution in [1.29, 1.82) is 0 Å². The van der Waals surface area contributed by atoms with Crippen molar-refractivity contribution < 1.29 is 64.2 Å². The van der Waals surface area contributed by atoms with Crippen LogP contribution in [0.3, 0.4) is 0 Å². The smallest absolute Gasteiger partial charge is 0.326 e. The largest absolute Gasteiger partial charge is 0.480 e. The Morgan fingerprint density at radius 2 is 0.897 bits per heavy atom. The van der Waals surface area contributed by atoms with E-state index in [0.29, 0.717) is 21.6 Å². The number of amides is 7. The summed E-state index contributed by atoms with van der Waals surface area (Å²) in [5, 5.41) is 59.6. The lowest BCUT2D eigenvalue weighted by Gasteiger charge is -2.26. The van der Waals surface area contributed by atoms with Gasteiger partial charge in [0, 0.05) is 46.8 Å². The van der Waals surface area contributed by atoms with Gasteiger partial charge in [-0.3, -0.25) is 49.2 Å². The highest BCUT2D eigenvalue weighted by Gasteiger charge is 2.31. The molecule has 58 heavy (non-hydrogen) atoms. The number of aliphatic hydroxyl groups is 1. The minimum absolute atomic E-state index is 0.0284. The molecule has 0 heterocycles. The molecule has 0 aliphatic carbocycles. The van der Waals surface area contributed by atoms with Crippen LogP contribution in [0, 0.1) is 0 Å². The third-order valence-corrected chi connectivity index (χ3v) is 9.06. The number of hydrogen-bond acceptors (Lipinski definition) is 12. The highest BCUT2D eigenvalue weighted by molar-refractivity contribution is 5.95. The number of carbonyl (C=O) groups excluding carboxylic acids is 7. The Balaban J connectivity index is 5.81. The second kappa shape index (κ2) is 31.3. The molecule has 4 unspecified atom stereocenters. The summed E-state index contributed by atoms with van der Waals surface area (Å²) >= 11 is 0. The van der Waals surface area contributed by atoms with Gasteiger partial charge in [-0.05, 0) is 70.6 Å². The maximum atomic E-state index is 13.7. The topological polar surface area (TPSA) is 296 Å². The summed E-state index contributed by atoms with van der Waals surface area (Å²) in [4.78, 5) is 99.2. The molecule has 0 rings (SSSR count). The zero-order chi connectivity index (χ0) is 44.0. The lowest BCUT2D eigenvalue weighted by Crippen LogP contribution is -2.58. The first-order chi connectivity index (χ1) is 27.4. The molecule has 0 aromatic rings. The number of aliphatic carboxylic acids is 1. The summed E-state index contributed by atoms with van der Waals surface area (Å²) in [7, 11) is 0. The molecule has 7 amide bonds. The first kappa shape index (κ1) is 53.3. The molecule has 0 saturated heterocycles. The number of carboxylic acids is 1. The van der Waals surface area contributed by atoms with Crippen LogP contribution in [0.15, 0.2) is 12.2 Å². The van der Waals surface area contributed by atoms with Crippen molar-refractivity contribution >= 4 is 47.3 Å². The molecule has 20 nitrogen and oxygen atoms in total. The molecule has 0 bridgehead atoms. The van der Waals surface area contributed by atoms with E-state index in [9.17, 15) is 64.2 Å². The molecule has 0 aliphatic rings. The summed E-state index contributed by atoms with van der Waals surface area (Å²) in [6, 6.07) is -5.93. The van der Waals surface area contributed by atoms with Crippen molar-refractivity contribution in [1.82, 2.24) is 36.5 Å². The average Bonchev–Trinajstić information content (AvgIpc) is 3.16. The lowest BCUT2D eigenvalue weighted by molar-refractivity contribution is -0.163. The van der Waals surface area contributed by atoms with Crippen LogP contribution >= 0.6 is 0 Å². The molecule has 20 heteroatoms. The number of aliphatic hydroxyl groups excluding tert-OH is 1. The van der Waals surface area contributed by atoms with Gasteiger partial charge in [0.15, 0.2) is 0 Å². The second-order valence-electron chi connectivity index (χ2n) is 14.1. The van der Waals surface area contributed by atoms with Gasteiger partial charge in [-0.1, -0.05) is 44.8 Å². The van der Waals surface area contributed by atoms with Gasteiger partial charge >= 0.3 is 5.97 Å². The molecular weight excluding hydrogens is 762 g/mol. The van der Waals surface area contributed by atoms with Crippen LogP contribution in [0.4, 0.5) is 0 Å². The highest BCUT2D eigenvalue weighted by atomic mass is 16.5. The molecular formula is C38H67N7O13. The van der Waals surface area contributed by atoms with E-state index >= 15 is 0 Å². The number of nitrogens with zero attached hydrogens (tertiary/aromatic N) is 3. The van der Waals surface area contributed by atoms with Gasteiger partial charge in [0.25, 0.3) is 0 Å². The SMILES string of the molecule is CCCCCCC=CCCCCCC(=O)NC(CCCN(O)C(C)=O)C(=O)NC(CCCN(O)C(C)=O)C(=O)NC(CO)C(=O)NC(CCCN(O)C(C)=O)C(=O)O. The monoisotopic (exact) mass is 829 g/mol. The Morgan fingerprint density at radius 3 is 1.31 bits per heavy atom. The van der Waals surface area contributed by atoms with Gasteiger partial charge in [0.1, 0.15) is 24.2 Å². The van der Waals surface area contributed by atoms with E-state index in [4.69, 9.17) is 0 Å². The predicted molar refractivity (Wildman–Crippen MR) is 209 cm³/mol. The lowest BCUT2D eigenvalue weighted by atomic mass is 10.1. The average molecular weight is 830 g/mol. The number of hydrogen-bond donors (Lipinski definition) is 9. The zero-order valence-corrected chi connectivity index (χ0v) is 34.4. The molecule has 0 saturated carbocycles. The van der Waals surface area contributed by atoms with E-state index in [1.54, 1.807) is 0 Å². The first-order valence-corrected chi connectivity index (χ1v) is 20.0. The summed E-state index contributed by atoms with van der Waals surface area (Å²) in [5.41, 5.74) is 0. The molecule has 0 aromatic carbocycles. The van der Waals surface area contributed by atoms with Gasteiger partial charge < -0.3 is 31.5 Å². The molecule has 332 valence electrons. The van der Waals surface area contributed by atoms with E-state index in [1.807, 2.05) is 0 Å². The number of nitrogens with one attached hydrogen (secondary N) is 4. The van der Waals surface area contributed by atoms with Gasteiger partial charge in [0.05, 0.1) is 6.61 Å². The molecule has 0 spiro atoms. The third-order valence-electron chi connectivity index (χ3n) is 9.06. The molecule has 9 N–H and O–H groups in total. The van der Waals surface area contributed by atoms with Crippen molar-refractivity contribution in [2.45, 2.75) is 155 Å². The van der Waals surface area contributed by atoms with Crippen molar-refractivity contribution in [3.8, 4) is 0 Å². The molecule has 4 atom stereocenters. The minimum atomic E-state index is -1.70. The van der Waals surface area contributed by atoms with E-state index in [2.05, 4.69) is 40.3 Å². The fourth-order valence-electron chi connectivity index (χ4n) is 5.53. The van der Waals surface area contributed by atoms with Crippen molar-refractivity contribution in [3.63, 3.8) is 0 Å². The molecule has 0 aromatic heterocycles. The van der Waals surface area contributed by atoms with E-state index in [-0.39, 0.29) is 64.6 Å². The number of unbranched alkanes of at least 4 members (excludes halogenated alkanes) is 7. The van der Waals surface area contributed by atoms with Crippen LogP contribution in [-0.2, 0) is 38.4 Å². The normalized spacial score (nSPS) is 13.1. The quantitative estimate of drug-likeness (QED) is 0.0202. The number of allylic oxidation sites excluding steroid dienone is 2. The molecule has 0 aliphatic heterocycles.